The van der Waals surface area contributed by atoms with Crippen molar-refractivity contribution in [2.75, 3.05) is 5.32 Å². The van der Waals surface area contributed by atoms with Crippen molar-refractivity contribution >= 4 is 37.5 Å². The first-order chi connectivity index (χ1) is 13.2. The van der Waals surface area contributed by atoms with E-state index in [2.05, 4.69) is 26.0 Å². The first-order valence-electron chi connectivity index (χ1n) is 8.61. The number of anilines is 1. The van der Waals surface area contributed by atoms with Gasteiger partial charge in [-0.05, 0) is 47.0 Å². The second kappa shape index (κ2) is 8.03. The number of benzene rings is 1. The highest BCUT2D eigenvalue weighted by molar-refractivity contribution is 9.10. The lowest BCUT2D eigenvalue weighted by atomic mass is 10.2. The zero-order chi connectivity index (χ0) is 20.5. The van der Waals surface area contributed by atoms with Crippen LogP contribution in [0.3, 0.4) is 0 Å². The highest BCUT2D eigenvalue weighted by Gasteiger charge is 2.29. The lowest BCUT2D eigenvalue weighted by Gasteiger charge is -2.11. The molecule has 1 amide bonds. The Kier molecular flexibility index (Phi) is 5.88. The van der Waals surface area contributed by atoms with Crippen LogP contribution in [0.25, 0.3) is 0 Å². The van der Waals surface area contributed by atoms with E-state index in [-0.39, 0.29) is 32.4 Å². The van der Waals surface area contributed by atoms with Crippen LogP contribution in [0.4, 0.5) is 10.1 Å². The summed E-state index contributed by atoms with van der Waals surface area (Å²) >= 11 is 3.23. The minimum atomic E-state index is -3.79. The molecular weight excluding hydrogens is 451 g/mol. The summed E-state index contributed by atoms with van der Waals surface area (Å²) in [6, 6.07) is 5.22. The van der Waals surface area contributed by atoms with Crippen LogP contribution in [0.2, 0.25) is 0 Å². The van der Waals surface area contributed by atoms with Crippen LogP contribution in [0.5, 0.6) is 0 Å². The zero-order valence-electron chi connectivity index (χ0n) is 15.0. The number of carbonyl (C=O) groups is 1. The van der Waals surface area contributed by atoms with Gasteiger partial charge in [-0.25, -0.2) is 17.5 Å². The Bertz CT molecular complexity index is 1070. The van der Waals surface area contributed by atoms with Crippen molar-refractivity contribution in [2.24, 2.45) is 7.05 Å². The number of amides is 1. The highest BCUT2D eigenvalue weighted by atomic mass is 79.9. The molecule has 0 unspecified atom stereocenters. The van der Waals surface area contributed by atoms with Gasteiger partial charge in [0.05, 0.1) is 10.0 Å². The van der Waals surface area contributed by atoms with Crippen LogP contribution in [-0.2, 0) is 17.1 Å². The number of aromatic nitrogens is 1. The fraction of sp³-hybridized carbons (Fsp3) is 0.333. The summed E-state index contributed by atoms with van der Waals surface area (Å²) in [5.74, 6) is -1.28. The largest absolute Gasteiger partial charge is 0.344 e. The van der Waals surface area contributed by atoms with Crippen molar-refractivity contribution in [2.45, 2.75) is 36.6 Å². The predicted octanol–water partition coefficient (Wildman–Crippen LogP) is 3.27. The van der Waals surface area contributed by atoms with Gasteiger partial charge >= 0.3 is 0 Å². The minimum absolute atomic E-state index is 0.0242. The molecule has 0 saturated heterocycles. The van der Waals surface area contributed by atoms with Crippen LogP contribution in [0.15, 0.2) is 33.8 Å². The van der Waals surface area contributed by atoms with Gasteiger partial charge in [0, 0.05) is 25.0 Å². The summed E-state index contributed by atoms with van der Waals surface area (Å²) in [5.41, 5.74) is 0.118. The van der Waals surface area contributed by atoms with Gasteiger partial charge in [-0.2, -0.15) is 5.26 Å². The molecule has 0 bridgehead atoms. The van der Waals surface area contributed by atoms with Crippen LogP contribution >= 0.6 is 15.9 Å². The maximum absolute atomic E-state index is 13.4. The second-order valence-corrected chi connectivity index (χ2v) is 9.11. The Morgan fingerprint density at radius 1 is 1.36 bits per heavy atom. The molecule has 28 heavy (non-hydrogen) atoms. The molecule has 0 spiro atoms. The fourth-order valence-corrected chi connectivity index (χ4v) is 5.85. The van der Waals surface area contributed by atoms with Gasteiger partial charge in [-0.1, -0.05) is 12.8 Å². The molecule has 148 valence electrons. The number of rotatable bonds is 5. The molecular formula is C18H18BrFN4O3S. The van der Waals surface area contributed by atoms with Crippen LogP contribution in [0, 0.1) is 17.1 Å². The van der Waals surface area contributed by atoms with Crippen molar-refractivity contribution in [1.82, 2.24) is 9.29 Å². The number of hydrogen-bond acceptors (Lipinski definition) is 4. The average Bonchev–Trinajstić information content (AvgIpc) is 3.23. The van der Waals surface area contributed by atoms with Gasteiger partial charge in [0.2, 0.25) is 10.0 Å². The van der Waals surface area contributed by atoms with Crippen molar-refractivity contribution in [1.29, 1.82) is 5.26 Å². The summed E-state index contributed by atoms with van der Waals surface area (Å²) in [4.78, 5) is 12.6. The van der Waals surface area contributed by atoms with E-state index in [1.54, 1.807) is 13.1 Å². The topological polar surface area (TPSA) is 104 Å². The van der Waals surface area contributed by atoms with Gasteiger partial charge in [0.15, 0.2) is 0 Å². The molecule has 2 N–H and O–H groups in total. The predicted molar refractivity (Wildman–Crippen MR) is 105 cm³/mol. The minimum Gasteiger partial charge on any atom is -0.344 e. The highest BCUT2D eigenvalue weighted by Crippen LogP contribution is 2.30. The van der Waals surface area contributed by atoms with E-state index in [9.17, 15) is 17.6 Å². The third kappa shape index (κ3) is 4.11. The molecule has 1 aliphatic carbocycles. The molecule has 0 aliphatic heterocycles. The molecule has 1 aromatic carbocycles. The number of carbonyl (C=O) groups excluding carboxylic acids is 1. The normalized spacial score (nSPS) is 14.8. The van der Waals surface area contributed by atoms with E-state index in [1.165, 1.54) is 22.9 Å². The van der Waals surface area contributed by atoms with Crippen molar-refractivity contribution in [3.05, 3.63) is 45.9 Å². The fourth-order valence-electron chi connectivity index (χ4n) is 3.22. The summed E-state index contributed by atoms with van der Waals surface area (Å²) in [7, 11) is -2.23. The van der Waals surface area contributed by atoms with E-state index in [4.69, 9.17) is 5.26 Å². The number of aryl methyl sites for hydroxylation is 1. The van der Waals surface area contributed by atoms with Crippen molar-refractivity contribution in [3.63, 3.8) is 0 Å². The lowest BCUT2D eigenvalue weighted by molar-refractivity contribution is 0.101. The van der Waals surface area contributed by atoms with Gasteiger partial charge in [-0.15, -0.1) is 0 Å². The Balaban J connectivity index is 1.87. The molecule has 1 aliphatic rings. The van der Waals surface area contributed by atoms with Gasteiger partial charge < -0.3 is 9.88 Å². The third-order valence-electron chi connectivity index (χ3n) is 4.61. The summed E-state index contributed by atoms with van der Waals surface area (Å²) in [6.45, 7) is 0. The van der Waals surface area contributed by atoms with Crippen molar-refractivity contribution in [3.8, 4) is 6.07 Å². The Hall–Kier alpha value is -2.22. The Morgan fingerprint density at radius 3 is 2.68 bits per heavy atom. The third-order valence-corrected chi connectivity index (χ3v) is 7.21. The SMILES string of the molecule is Cn1cc(S(=O)(=O)NC2CCCC2)c(Br)c1C(=O)Nc1ccc(F)c(C#N)c1. The maximum Gasteiger partial charge on any atom is 0.273 e. The summed E-state index contributed by atoms with van der Waals surface area (Å²) in [5, 5.41) is 11.5. The van der Waals surface area contributed by atoms with E-state index < -0.39 is 21.7 Å². The van der Waals surface area contributed by atoms with E-state index >= 15 is 0 Å². The first kappa shape index (κ1) is 20.5. The van der Waals surface area contributed by atoms with Gasteiger partial charge in [0.1, 0.15) is 22.5 Å². The number of sulfonamides is 1. The molecule has 3 rings (SSSR count). The second-order valence-electron chi connectivity index (χ2n) is 6.63. The Labute approximate surface area is 170 Å². The molecule has 1 saturated carbocycles. The molecule has 1 aromatic heterocycles. The molecule has 10 heteroatoms. The first-order valence-corrected chi connectivity index (χ1v) is 10.9. The smallest absolute Gasteiger partial charge is 0.273 e. The maximum atomic E-state index is 13.4. The Morgan fingerprint density at radius 2 is 2.04 bits per heavy atom. The molecule has 1 fully saturated rings. The van der Waals surface area contributed by atoms with Gasteiger partial charge in [-0.3, -0.25) is 4.79 Å². The van der Waals surface area contributed by atoms with E-state index in [0.717, 1.165) is 31.7 Å². The monoisotopic (exact) mass is 468 g/mol. The standard InChI is InChI=1S/C18H18BrFN4O3S/c1-24-10-15(28(26,27)23-12-4-2-3-5-12)16(19)17(24)18(25)22-13-6-7-14(20)11(8-13)9-21/h6-8,10,12,23H,2-5H2,1H3,(H,22,25). The van der Waals surface area contributed by atoms with Crippen LogP contribution < -0.4 is 10.0 Å². The quantitative estimate of drug-likeness (QED) is 0.702. The van der Waals surface area contributed by atoms with E-state index in [1.807, 2.05) is 0 Å². The number of nitriles is 1. The number of nitrogens with one attached hydrogen (secondary N) is 2. The molecule has 2 aromatic rings. The molecule has 1 heterocycles. The van der Waals surface area contributed by atoms with E-state index in [0.29, 0.717) is 0 Å². The number of halogens is 2. The lowest BCUT2D eigenvalue weighted by Crippen LogP contribution is -2.32. The number of hydrogen-bond donors (Lipinski definition) is 2. The summed E-state index contributed by atoms with van der Waals surface area (Å²) in [6.07, 6.45) is 4.92. The number of nitrogens with zero attached hydrogens (tertiary/aromatic N) is 2. The zero-order valence-corrected chi connectivity index (χ0v) is 17.4. The molecule has 7 nitrogen and oxygen atoms in total. The average molecular weight is 469 g/mol. The van der Waals surface area contributed by atoms with Gasteiger partial charge in [0.25, 0.3) is 5.91 Å². The van der Waals surface area contributed by atoms with Crippen LogP contribution in [-0.4, -0.2) is 24.9 Å². The van der Waals surface area contributed by atoms with Crippen molar-refractivity contribution < 1.29 is 17.6 Å². The summed E-state index contributed by atoms with van der Waals surface area (Å²) < 4.78 is 43.1. The molecule has 0 atom stereocenters. The molecule has 0 radical (unpaired) electrons. The van der Waals surface area contributed by atoms with Crippen LogP contribution in [0.1, 0.15) is 41.7 Å².